The van der Waals surface area contributed by atoms with Crippen LogP contribution in [0.15, 0.2) is 0 Å². The minimum atomic E-state index is -1.02. The lowest BCUT2D eigenvalue weighted by Crippen LogP contribution is -2.42. The standard InChI is InChI=1S/C15H23NO5/c1-3-9(10-6-4-5-7-16-13(10)17)12-11(14(18)19)8(2)15(20)21-12/h8-12H,3-7H2,1-2H3,(H,16,17)(H,18,19)/t8-,9?,10?,11-,12-/m1/s1. The van der Waals surface area contributed by atoms with Crippen molar-refractivity contribution in [3.63, 3.8) is 0 Å². The first-order valence-corrected chi connectivity index (χ1v) is 7.68. The first-order chi connectivity index (χ1) is 9.97. The second-order valence-corrected chi connectivity index (χ2v) is 6.02. The third-order valence-electron chi connectivity index (χ3n) is 4.79. The fourth-order valence-corrected chi connectivity index (χ4v) is 3.57. The van der Waals surface area contributed by atoms with Crippen LogP contribution >= 0.6 is 0 Å². The number of carbonyl (C=O) groups excluding carboxylic acids is 2. The predicted molar refractivity (Wildman–Crippen MR) is 74.3 cm³/mol. The maximum Gasteiger partial charge on any atom is 0.311 e. The van der Waals surface area contributed by atoms with E-state index in [1.165, 1.54) is 0 Å². The quantitative estimate of drug-likeness (QED) is 0.760. The van der Waals surface area contributed by atoms with Crippen LogP contribution in [-0.2, 0) is 19.1 Å². The summed E-state index contributed by atoms with van der Waals surface area (Å²) in [5, 5.41) is 12.3. The van der Waals surface area contributed by atoms with Crippen molar-refractivity contribution in [2.45, 2.75) is 45.6 Å². The van der Waals surface area contributed by atoms with Crippen LogP contribution in [0.5, 0.6) is 0 Å². The van der Waals surface area contributed by atoms with E-state index in [2.05, 4.69) is 5.32 Å². The summed E-state index contributed by atoms with van der Waals surface area (Å²) in [6, 6.07) is 0. The van der Waals surface area contributed by atoms with E-state index < -0.39 is 29.9 Å². The third kappa shape index (κ3) is 3.04. The van der Waals surface area contributed by atoms with Gasteiger partial charge in [-0.2, -0.15) is 0 Å². The molecular weight excluding hydrogens is 274 g/mol. The molecule has 0 saturated carbocycles. The highest BCUT2D eigenvalue weighted by Gasteiger charge is 2.51. The van der Waals surface area contributed by atoms with Gasteiger partial charge in [-0.25, -0.2) is 0 Å². The van der Waals surface area contributed by atoms with Crippen LogP contribution in [-0.4, -0.2) is 35.6 Å². The number of carboxylic acid groups (broad SMARTS) is 1. The molecule has 0 radical (unpaired) electrons. The molecule has 0 bridgehead atoms. The normalized spacial score (nSPS) is 34.8. The molecule has 0 aromatic rings. The molecule has 2 aliphatic rings. The fourth-order valence-electron chi connectivity index (χ4n) is 3.57. The minimum Gasteiger partial charge on any atom is -0.481 e. The van der Waals surface area contributed by atoms with E-state index in [0.29, 0.717) is 13.0 Å². The number of hydrogen-bond acceptors (Lipinski definition) is 4. The minimum absolute atomic E-state index is 0.0425. The lowest BCUT2D eigenvalue weighted by molar-refractivity contribution is -0.150. The van der Waals surface area contributed by atoms with Crippen LogP contribution in [0.3, 0.4) is 0 Å². The van der Waals surface area contributed by atoms with Crippen molar-refractivity contribution in [2.24, 2.45) is 23.7 Å². The Bertz CT molecular complexity index is 436. The van der Waals surface area contributed by atoms with Crippen molar-refractivity contribution in [3.8, 4) is 0 Å². The second-order valence-electron chi connectivity index (χ2n) is 6.02. The Morgan fingerprint density at radius 3 is 2.76 bits per heavy atom. The van der Waals surface area contributed by atoms with Gasteiger partial charge in [-0.3, -0.25) is 14.4 Å². The van der Waals surface area contributed by atoms with Crippen LogP contribution < -0.4 is 5.32 Å². The van der Waals surface area contributed by atoms with Crippen LogP contribution in [0, 0.1) is 23.7 Å². The van der Waals surface area contributed by atoms with Gasteiger partial charge in [0.05, 0.1) is 5.92 Å². The summed E-state index contributed by atoms with van der Waals surface area (Å²) in [5.74, 6) is -3.57. The van der Waals surface area contributed by atoms with Gasteiger partial charge in [0.1, 0.15) is 12.0 Å². The molecule has 2 saturated heterocycles. The number of esters is 1. The van der Waals surface area contributed by atoms with E-state index in [4.69, 9.17) is 4.74 Å². The number of cyclic esters (lactones) is 1. The Labute approximate surface area is 124 Å². The summed E-state index contributed by atoms with van der Waals surface area (Å²) in [4.78, 5) is 35.5. The molecule has 2 rings (SSSR count). The molecule has 0 spiro atoms. The number of carbonyl (C=O) groups is 3. The Kier molecular flexibility index (Phi) is 4.85. The van der Waals surface area contributed by atoms with Crippen LogP contribution in [0.1, 0.15) is 39.5 Å². The first-order valence-electron chi connectivity index (χ1n) is 7.68. The van der Waals surface area contributed by atoms with Gasteiger partial charge in [0.25, 0.3) is 0 Å². The van der Waals surface area contributed by atoms with Crippen molar-refractivity contribution < 1.29 is 24.2 Å². The van der Waals surface area contributed by atoms with Crippen molar-refractivity contribution in [1.29, 1.82) is 0 Å². The number of rotatable bonds is 4. The zero-order chi connectivity index (χ0) is 15.6. The summed E-state index contributed by atoms with van der Waals surface area (Å²) in [6.07, 6.45) is 2.49. The number of aliphatic carboxylic acids is 1. The van der Waals surface area contributed by atoms with Gasteiger partial charge in [-0.05, 0) is 19.3 Å². The van der Waals surface area contributed by atoms with E-state index in [9.17, 15) is 19.5 Å². The van der Waals surface area contributed by atoms with E-state index in [0.717, 1.165) is 19.3 Å². The smallest absolute Gasteiger partial charge is 0.311 e. The van der Waals surface area contributed by atoms with Crippen LogP contribution in [0.4, 0.5) is 0 Å². The molecule has 2 fully saturated rings. The average Bonchev–Trinajstić information content (AvgIpc) is 2.60. The first kappa shape index (κ1) is 15.8. The lowest BCUT2D eigenvalue weighted by atomic mass is 9.76. The number of amides is 1. The van der Waals surface area contributed by atoms with Gasteiger partial charge in [-0.1, -0.05) is 20.3 Å². The molecule has 5 atom stereocenters. The SMILES string of the molecule is CCC(C1CCCCNC1=O)[C@H]1OC(=O)[C@H](C)[C@H]1C(=O)O. The predicted octanol–water partition coefficient (Wildman–Crippen LogP) is 1.19. The van der Waals surface area contributed by atoms with E-state index in [1.807, 2.05) is 6.92 Å². The molecule has 6 heteroatoms. The Balaban J connectivity index is 2.24. The molecular formula is C15H23NO5. The van der Waals surface area contributed by atoms with Gasteiger partial charge in [0, 0.05) is 18.4 Å². The monoisotopic (exact) mass is 297 g/mol. The van der Waals surface area contributed by atoms with Gasteiger partial charge in [0.2, 0.25) is 5.91 Å². The van der Waals surface area contributed by atoms with Crippen LogP contribution in [0.2, 0.25) is 0 Å². The van der Waals surface area contributed by atoms with E-state index in [-0.39, 0.29) is 17.7 Å². The molecule has 118 valence electrons. The van der Waals surface area contributed by atoms with Crippen molar-refractivity contribution in [1.82, 2.24) is 5.32 Å². The summed E-state index contributed by atoms with van der Waals surface area (Å²) in [6.45, 7) is 4.16. The zero-order valence-corrected chi connectivity index (χ0v) is 12.5. The molecule has 6 nitrogen and oxygen atoms in total. The Hall–Kier alpha value is -1.59. The maximum atomic E-state index is 12.2. The summed E-state index contributed by atoms with van der Waals surface area (Å²) >= 11 is 0. The molecule has 0 aromatic carbocycles. The molecule has 21 heavy (non-hydrogen) atoms. The number of hydrogen-bond donors (Lipinski definition) is 2. The Morgan fingerprint density at radius 1 is 1.43 bits per heavy atom. The summed E-state index contributed by atoms with van der Waals surface area (Å²) in [7, 11) is 0. The van der Waals surface area contributed by atoms with Gasteiger partial charge in [0.15, 0.2) is 0 Å². The van der Waals surface area contributed by atoms with E-state index in [1.54, 1.807) is 6.92 Å². The number of nitrogens with one attached hydrogen (secondary N) is 1. The van der Waals surface area contributed by atoms with Crippen molar-refractivity contribution >= 4 is 17.8 Å². The molecule has 0 aromatic heterocycles. The number of carboxylic acids is 1. The summed E-state index contributed by atoms with van der Waals surface area (Å²) in [5.41, 5.74) is 0. The van der Waals surface area contributed by atoms with Crippen molar-refractivity contribution in [3.05, 3.63) is 0 Å². The molecule has 2 unspecified atom stereocenters. The topological polar surface area (TPSA) is 92.7 Å². The lowest BCUT2D eigenvalue weighted by Gasteiger charge is -2.30. The highest BCUT2D eigenvalue weighted by atomic mass is 16.6. The van der Waals surface area contributed by atoms with Crippen LogP contribution in [0.25, 0.3) is 0 Å². The fraction of sp³-hybridized carbons (Fsp3) is 0.800. The molecule has 0 aliphatic carbocycles. The zero-order valence-electron chi connectivity index (χ0n) is 12.5. The Morgan fingerprint density at radius 2 is 2.14 bits per heavy atom. The molecule has 2 aliphatic heterocycles. The van der Waals surface area contributed by atoms with Gasteiger partial charge < -0.3 is 15.2 Å². The van der Waals surface area contributed by atoms with Gasteiger partial charge in [-0.15, -0.1) is 0 Å². The van der Waals surface area contributed by atoms with Gasteiger partial charge >= 0.3 is 11.9 Å². The highest BCUT2D eigenvalue weighted by Crippen LogP contribution is 2.39. The van der Waals surface area contributed by atoms with E-state index >= 15 is 0 Å². The maximum absolute atomic E-state index is 12.2. The second kappa shape index (κ2) is 6.45. The molecule has 2 heterocycles. The molecule has 1 amide bonds. The summed E-state index contributed by atoms with van der Waals surface area (Å²) < 4.78 is 5.34. The third-order valence-corrected chi connectivity index (χ3v) is 4.79. The highest BCUT2D eigenvalue weighted by molar-refractivity contribution is 5.85. The number of ether oxygens (including phenoxy) is 1. The average molecular weight is 297 g/mol. The molecule has 2 N–H and O–H groups in total. The largest absolute Gasteiger partial charge is 0.481 e. The van der Waals surface area contributed by atoms with Crippen molar-refractivity contribution in [2.75, 3.05) is 6.54 Å².